The zero-order chi connectivity index (χ0) is 31.5. The van der Waals surface area contributed by atoms with Crippen molar-refractivity contribution in [3.63, 3.8) is 0 Å². The van der Waals surface area contributed by atoms with Crippen molar-refractivity contribution >= 4 is 17.5 Å². The number of nitrogens with two attached hydrogens (primary N) is 1. The van der Waals surface area contributed by atoms with Crippen molar-refractivity contribution in [1.82, 2.24) is 10.6 Å². The monoisotopic (exact) mass is 606 g/mol. The summed E-state index contributed by atoms with van der Waals surface area (Å²) in [5.41, 5.74) is 8.12. The van der Waals surface area contributed by atoms with E-state index in [1.165, 1.54) is 0 Å². The Labute approximate surface area is 240 Å². The first-order chi connectivity index (χ1) is 19.6. The highest BCUT2D eigenvalue weighted by atomic mass is 19.4. The lowest BCUT2D eigenvalue weighted by atomic mass is 10.0. The van der Waals surface area contributed by atoms with E-state index in [4.69, 9.17) is 5.73 Å². The molecule has 0 aromatic heterocycles. The molecule has 234 valence electrons. The predicted molar refractivity (Wildman–Crippen MR) is 146 cm³/mol. The number of rotatable bonds is 9. The number of carbonyl (C=O) groups excluding carboxylic acids is 2. The number of ether oxygens (including phenoxy) is 2. The van der Waals surface area contributed by atoms with Crippen molar-refractivity contribution in [2.24, 2.45) is 5.73 Å². The molecule has 14 heteroatoms. The number of nitrogens with one attached hydrogen (secondary N) is 3. The van der Waals surface area contributed by atoms with Crippen LogP contribution in [0.2, 0.25) is 0 Å². The molecule has 2 unspecified atom stereocenters. The number of hydrogen-bond donors (Lipinski definition) is 4. The van der Waals surface area contributed by atoms with E-state index in [0.29, 0.717) is 0 Å². The topological polar surface area (TPSA) is 115 Å². The second kappa shape index (κ2) is 15.6. The molecule has 42 heavy (non-hydrogen) atoms. The van der Waals surface area contributed by atoms with Crippen molar-refractivity contribution in [2.45, 2.75) is 64.5 Å². The molecule has 2 amide bonds. The molecule has 0 radical (unpaired) electrons. The van der Waals surface area contributed by atoms with Crippen molar-refractivity contribution in [3.05, 3.63) is 53.1 Å². The van der Waals surface area contributed by atoms with Crippen LogP contribution in [0.15, 0.2) is 36.4 Å². The Hall–Kier alpha value is -3.52. The van der Waals surface area contributed by atoms with Crippen LogP contribution in [0.3, 0.4) is 0 Å². The molecule has 2 aromatic rings. The minimum Gasteiger partial charge on any atom is -0.484 e. The molecule has 1 heterocycles. The summed E-state index contributed by atoms with van der Waals surface area (Å²) in [7, 11) is 0. The molecular formula is C28H36F6N4O4. The van der Waals surface area contributed by atoms with Crippen LogP contribution in [0.5, 0.6) is 11.5 Å². The third-order valence-electron chi connectivity index (χ3n) is 6.05. The third kappa shape index (κ3) is 12.6. The molecule has 1 aliphatic heterocycles. The first kappa shape index (κ1) is 34.7. The van der Waals surface area contributed by atoms with Gasteiger partial charge >= 0.3 is 12.4 Å². The molecule has 3 rings (SSSR count). The maximum atomic E-state index is 12.4. The molecule has 0 bridgehead atoms. The van der Waals surface area contributed by atoms with Gasteiger partial charge in [-0.25, -0.2) is 0 Å². The summed E-state index contributed by atoms with van der Waals surface area (Å²) in [6.07, 6.45) is -6.41. The minimum atomic E-state index is -4.63. The van der Waals surface area contributed by atoms with E-state index in [1.807, 2.05) is 32.0 Å². The lowest BCUT2D eigenvalue weighted by Gasteiger charge is -2.24. The van der Waals surface area contributed by atoms with Crippen LogP contribution in [0, 0.1) is 13.8 Å². The number of hydrogen-bond acceptors (Lipinski definition) is 6. The largest absolute Gasteiger partial charge is 0.484 e. The molecule has 1 fully saturated rings. The molecule has 2 atom stereocenters. The maximum absolute atomic E-state index is 12.4. The number of anilines is 1. The van der Waals surface area contributed by atoms with E-state index in [1.54, 1.807) is 6.92 Å². The van der Waals surface area contributed by atoms with Gasteiger partial charge < -0.3 is 31.2 Å². The van der Waals surface area contributed by atoms with Crippen LogP contribution in [-0.4, -0.2) is 62.6 Å². The minimum absolute atomic E-state index is 0.0157. The van der Waals surface area contributed by atoms with Crippen LogP contribution in [-0.2, 0) is 4.79 Å². The highest BCUT2D eigenvalue weighted by Gasteiger charge is 2.31. The SMILES string of the molecule is Cc1cccc(C)c1NC(=O)C(C)N.O=C(NCC1CCCCN1)c1cc(OCC(F)(F)F)ccc1OCC(F)(F)F. The number of aryl methyl sites for hydroxylation is 2. The quantitative estimate of drug-likeness (QED) is 0.298. The lowest BCUT2D eigenvalue weighted by molar-refractivity contribution is -0.154. The summed E-state index contributed by atoms with van der Waals surface area (Å²) >= 11 is 0. The molecule has 5 N–H and O–H groups in total. The molecule has 0 aliphatic carbocycles. The van der Waals surface area contributed by atoms with Crippen LogP contribution >= 0.6 is 0 Å². The van der Waals surface area contributed by atoms with Crippen LogP contribution in [0.1, 0.15) is 47.7 Å². The van der Waals surface area contributed by atoms with Crippen LogP contribution < -0.4 is 31.2 Å². The lowest BCUT2D eigenvalue weighted by Crippen LogP contribution is -2.43. The fourth-order valence-electron chi connectivity index (χ4n) is 3.88. The fraction of sp³-hybridized carbons (Fsp3) is 0.500. The smallest absolute Gasteiger partial charge is 0.422 e. The van der Waals surface area contributed by atoms with Gasteiger partial charge in [0.1, 0.15) is 11.5 Å². The van der Waals surface area contributed by atoms with E-state index in [0.717, 1.165) is 60.8 Å². The molecule has 1 saturated heterocycles. The number of carbonyl (C=O) groups is 2. The first-order valence-corrected chi connectivity index (χ1v) is 13.2. The number of halogens is 6. The number of amides is 2. The van der Waals surface area contributed by atoms with Gasteiger partial charge in [-0.3, -0.25) is 9.59 Å². The van der Waals surface area contributed by atoms with Crippen molar-refractivity contribution in [2.75, 3.05) is 31.6 Å². The Morgan fingerprint density at radius 3 is 2.17 bits per heavy atom. The molecule has 1 aliphatic rings. The number of alkyl halides is 6. The molecule has 2 aromatic carbocycles. The zero-order valence-electron chi connectivity index (χ0n) is 23.5. The van der Waals surface area contributed by atoms with E-state index in [-0.39, 0.29) is 29.8 Å². The van der Waals surface area contributed by atoms with Gasteiger partial charge in [0, 0.05) is 18.3 Å². The number of piperidine rings is 1. The van der Waals surface area contributed by atoms with E-state index < -0.39 is 43.3 Å². The highest BCUT2D eigenvalue weighted by molar-refractivity contribution is 5.97. The molecule has 0 saturated carbocycles. The molecule has 8 nitrogen and oxygen atoms in total. The molecular weight excluding hydrogens is 570 g/mol. The Bertz CT molecular complexity index is 1160. The van der Waals surface area contributed by atoms with Gasteiger partial charge in [-0.15, -0.1) is 0 Å². The normalized spacial score (nSPS) is 16.0. The Morgan fingerprint density at radius 2 is 1.62 bits per heavy atom. The van der Waals surface area contributed by atoms with Crippen LogP contribution in [0.4, 0.5) is 32.0 Å². The summed E-state index contributed by atoms with van der Waals surface area (Å²) < 4.78 is 83.3. The number of para-hydroxylation sites is 1. The Kier molecular flexibility index (Phi) is 12.9. The average Bonchev–Trinajstić information content (AvgIpc) is 2.91. The van der Waals surface area contributed by atoms with Crippen molar-refractivity contribution < 1.29 is 45.4 Å². The summed E-state index contributed by atoms with van der Waals surface area (Å²) in [4.78, 5) is 23.8. The fourth-order valence-corrected chi connectivity index (χ4v) is 3.88. The summed E-state index contributed by atoms with van der Waals surface area (Å²) in [6.45, 7) is 3.38. The van der Waals surface area contributed by atoms with Crippen molar-refractivity contribution in [1.29, 1.82) is 0 Å². The van der Waals surface area contributed by atoms with E-state index >= 15 is 0 Å². The standard InChI is InChI=1S/C17H20F6N2O3.C11H16N2O/c18-16(19,20)9-27-12-4-5-14(28-10-17(21,22)23)13(7-12)15(26)25-8-11-3-1-2-6-24-11;1-7-5-4-6-8(2)10(7)13-11(14)9(3)12/h4-5,7,11,24H,1-3,6,8-10H2,(H,25,26);4-6,9H,12H2,1-3H3,(H,13,14). The maximum Gasteiger partial charge on any atom is 0.422 e. The van der Waals surface area contributed by atoms with Crippen LogP contribution in [0.25, 0.3) is 0 Å². The second-order valence-electron chi connectivity index (χ2n) is 9.87. The predicted octanol–water partition coefficient (Wildman–Crippen LogP) is 5.03. The summed E-state index contributed by atoms with van der Waals surface area (Å²) in [6, 6.07) is 8.35. The van der Waals surface area contributed by atoms with Crippen molar-refractivity contribution in [3.8, 4) is 11.5 Å². The number of benzene rings is 2. The van der Waals surface area contributed by atoms with Gasteiger partial charge in [-0.1, -0.05) is 24.6 Å². The summed E-state index contributed by atoms with van der Waals surface area (Å²) in [5.74, 6) is -1.62. The van der Waals surface area contributed by atoms with Gasteiger partial charge in [-0.2, -0.15) is 26.3 Å². The van der Waals surface area contributed by atoms with E-state index in [9.17, 15) is 35.9 Å². The zero-order valence-corrected chi connectivity index (χ0v) is 23.5. The van der Waals surface area contributed by atoms with Gasteiger partial charge in [-0.05, 0) is 69.5 Å². The van der Waals surface area contributed by atoms with Gasteiger partial charge in [0.25, 0.3) is 5.91 Å². The third-order valence-corrected chi connectivity index (χ3v) is 6.05. The second-order valence-corrected chi connectivity index (χ2v) is 9.87. The molecule has 0 spiro atoms. The average molecular weight is 607 g/mol. The van der Waals surface area contributed by atoms with E-state index in [2.05, 4.69) is 25.4 Å². The highest BCUT2D eigenvalue weighted by Crippen LogP contribution is 2.28. The Morgan fingerprint density at radius 1 is 1.00 bits per heavy atom. The van der Waals surface area contributed by atoms with Gasteiger partial charge in [0.05, 0.1) is 11.6 Å². The summed E-state index contributed by atoms with van der Waals surface area (Å²) in [5, 5.41) is 8.57. The Balaban J connectivity index is 0.000000369. The van der Waals surface area contributed by atoms with Gasteiger partial charge in [0.2, 0.25) is 5.91 Å². The van der Waals surface area contributed by atoms with Gasteiger partial charge in [0.15, 0.2) is 13.2 Å². The first-order valence-electron chi connectivity index (χ1n) is 13.2.